The van der Waals surface area contributed by atoms with Crippen LogP contribution >= 0.6 is 11.6 Å². The molecule has 1 aromatic carbocycles. The summed E-state index contributed by atoms with van der Waals surface area (Å²) in [5.41, 5.74) is 0.990. The van der Waals surface area contributed by atoms with Gasteiger partial charge in [-0.25, -0.2) is 0 Å². The van der Waals surface area contributed by atoms with Crippen molar-refractivity contribution in [2.45, 2.75) is 19.6 Å². The predicted molar refractivity (Wildman–Crippen MR) is 91.8 cm³/mol. The Balaban J connectivity index is 1.86. The van der Waals surface area contributed by atoms with Crippen LogP contribution in [0.15, 0.2) is 12.1 Å². The van der Waals surface area contributed by atoms with E-state index in [0.717, 1.165) is 0 Å². The number of aromatic amines is 1. The summed E-state index contributed by atoms with van der Waals surface area (Å²) in [5, 5.41) is 45.7. The molecule has 0 fully saturated rings. The van der Waals surface area contributed by atoms with E-state index in [0.29, 0.717) is 17.0 Å². The molecule has 0 spiro atoms. The van der Waals surface area contributed by atoms with Gasteiger partial charge in [-0.2, -0.15) is 20.3 Å². The van der Waals surface area contributed by atoms with Crippen molar-refractivity contribution in [3.05, 3.63) is 22.7 Å². The number of aromatic hydroxyl groups is 2. The minimum Gasteiger partial charge on any atom is -0.507 e. The number of aromatic nitrogens is 5. The number of nitrogens with zero attached hydrogens (tertiary/aromatic N) is 4. The van der Waals surface area contributed by atoms with Crippen LogP contribution in [0.25, 0.3) is 11.2 Å². The van der Waals surface area contributed by atoms with E-state index in [1.54, 1.807) is 6.92 Å². The average Bonchev–Trinajstić information content (AvgIpc) is 3.00. The second-order valence-electron chi connectivity index (χ2n) is 5.40. The third-order valence-electron chi connectivity index (χ3n) is 3.34. The van der Waals surface area contributed by atoms with E-state index in [2.05, 4.69) is 36.0 Å². The first-order valence-electron chi connectivity index (χ1n) is 7.38. The zero-order chi connectivity index (χ0) is 18.0. The molecule has 0 amide bonds. The van der Waals surface area contributed by atoms with E-state index in [1.807, 2.05) is 0 Å². The zero-order valence-electron chi connectivity index (χ0n) is 13.2. The Morgan fingerprint density at radius 2 is 1.88 bits per heavy atom. The fraction of sp³-hybridized carbons (Fsp3) is 0.286. The van der Waals surface area contributed by atoms with Gasteiger partial charge in [-0.05, 0) is 19.1 Å². The Kier molecular flexibility index (Phi) is 4.72. The highest BCUT2D eigenvalue weighted by Crippen LogP contribution is 2.32. The molecule has 2 aromatic heterocycles. The van der Waals surface area contributed by atoms with E-state index >= 15 is 0 Å². The normalized spacial score (nSPS) is 12.3. The number of phenolic OH excluding ortho intramolecular Hbond substituents is 2. The topological polar surface area (TPSA) is 152 Å². The van der Waals surface area contributed by atoms with Crippen LogP contribution in [0.5, 0.6) is 11.5 Å². The number of H-pyrrole nitrogens is 1. The van der Waals surface area contributed by atoms with Crippen molar-refractivity contribution in [3.63, 3.8) is 0 Å². The summed E-state index contributed by atoms with van der Waals surface area (Å²) in [6.07, 6.45) is -0.573. The van der Waals surface area contributed by atoms with E-state index < -0.39 is 6.10 Å². The monoisotopic (exact) mass is 365 g/mol. The highest BCUT2D eigenvalue weighted by molar-refractivity contribution is 6.30. The molecule has 0 aliphatic heterocycles. The molecule has 25 heavy (non-hydrogen) atoms. The van der Waals surface area contributed by atoms with Gasteiger partial charge in [-0.1, -0.05) is 11.6 Å². The van der Waals surface area contributed by atoms with Crippen LogP contribution in [0.3, 0.4) is 0 Å². The van der Waals surface area contributed by atoms with Gasteiger partial charge in [0.15, 0.2) is 11.3 Å². The van der Waals surface area contributed by atoms with Gasteiger partial charge in [-0.3, -0.25) is 0 Å². The van der Waals surface area contributed by atoms with E-state index in [1.165, 1.54) is 12.1 Å². The predicted octanol–water partition coefficient (Wildman–Crippen LogP) is 1.22. The molecule has 3 rings (SSSR count). The van der Waals surface area contributed by atoms with Crippen molar-refractivity contribution in [2.24, 2.45) is 0 Å². The third kappa shape index (κ3) is 3.80. The van der Waals surface area contributed by atoms with Crippen molar-refractivity contribution < 1.29 is 15.3 Å². The molecular weight excluding hydrogens is 350 g/mol. The van der Waals surface area contributed by atoms with E-state index in [-0.39, 0.29) is 41.1 Å². The standard InChI is InChI=1S/C14H16ClN7O3/c1-6(23)4-17-14-18-12(11-13(19-14)21-22-20-11)16-5-8-9(24)2-7(15)3-10(8)25/h2-3,6,23-25H,4-5H2,1H3,(H3,16,17,18,19,20,21,22). The molecule has 0 radical (unpaired) electrons. The number of halogens is 1. The van der Waals surface area contributed by atoms with Crippen LogP contribution in [0, 0.1) is 0 Å². The Hall–Kier alpha value is -2.85. The molecule has 0 saturated carbocycles. The van der Waals surface area contributed by atoms with Gasteiger partial charge in [0.05, 0.1) is 11.7 Å². The smallest absolute Gasteiger partial charge is 0.227 e. The number of rotatable bonds is 6. The molecule has 0 aliphatic carbocycles. The Bertz CT molecular complexity index is 876. The molecular formula is C14H16ClN7O3. The van der Waals surface area contributed by atoms with Crippen LogP contribution in [-0.2, 0) is 6.54 Å². The molecule has 0 aliphatic rings. The maximum absolute atomic E-state index is 9.93. The lowest BCUT2D eigenvalue weighted by atomic mass is 10.1. The Morgan fingerprint density at radius 1 is 1.16 bits per heavy atom. The minimum atomic E-state index is -0.573. The highest BCUT2D eigenvalue weighted by atomic mass is 35.5. The van der Waals surface area contributed by atoms with Crippen molar-refractivity contribution in [1.82, 2.24) is 25.4 Å². The quantitative estimate of drug-likeness (QED) is 0.378. The maximum Gasteiger partial charge on any atom is 0.227 e. The number of hydrogen-bond donors (Lipinski definition) is 6. The van der Waals surface area contributed by atoms with Gasteiger partial charge < -0.3 is 26.0 Å². The van der Waals surface area contributed by atoms with Crippen molar-refractivity contribution in [1.29, 1.82) is 0 Å². The number of aliphatic hydroxyl groups is 1. The van der Waals surface area contributed by atoms with Crippen LogP contribution < -0.4 is 10.6 Å². The van der Waals surface area contributed by atoms with Gasteiger partial charge in [0.1, 0.15) is 11.5 Å². The average molecular weight is 366 g/mol. The van der Waals surface area contributed by atoms with Gasteiger partial charge in [-0.15, -0.1) is 5.10 Å². The number of hydrogen-bond acceptors (Lipinski definition) is 9. The van der Waals surface area contributed by atoms with Gasteiger partial charge in [0.2, 0.25) is 11.6 Å². The van der Waals surface area contributed by atoms with Gasteiger partial charge >= 0.3 is 0 Å². The molecule has 10 nitrogen and oxygen atoms in total. The number of fused-ring (bicyclic) bond motifs is 1. The number of nitrogens with one attached hydrogen (secondary N) is 3. The molecule has 2 heterocycles. The van der Waals surface area contributed by atoms with Crippen LogP contribution in [-0.4, -0.2) is 53.3 Å². The summed E-state index contributed by atoms with van der Waals surface area (Å²) in [6.45, 7) is 1.97. The van der Waals surface area contributed by atoms with E-state index in [9.17, 15) is 15.3 Å². The summed E-state index contributed by atoms with van der Waals surface area (Å²) in [6, 6.07) is 2.67. The molecule has 11 heteroatoms. The largest absolute Gasteiger partial charge is 0.507 e. The molecule has 132 valence electrons. The maximum atomic E-state index is 9.93. The number of phenols is 2. The van der Waals surface area contributed by atoms with Crippen molar-refractivity contribution in [2.75, 3.05) is 17.2 Å². The summed E-state index contributed by atoms with van der Waals surface area (Å²) in [4.78, 5) is 8.46. The molecule has 3 aromatic rings. The molecule has 0 saturated heterocycles. The lowest BCUT2D eigenvalue weighted by Gasteiger charge is -2.12. The first-order valence-corrected chi connectivity index (χ1v) is 7.76. The first-order chi connectivity index (χ1) is 11.9. The summed E-state index contributed by atoms with van der Waals surface area (Å²) >= 11 is 5.77. The summed E-state index contributed by atoms with van der Waals surface area (Å²) < 4.78 is 0. The second kappa shape index (κ2) is 6.95. The molecule has 1 unspecified atom stereocenters. The Morgan fingerprint density at radius 3 is 2.56 bits per heavy atom. The fourth-order valence-corrected chi connectivity index (χ4v) is 2.36. The fourth-order valence-electron chi connectivity index (χ4n) is 2.15. The number of anilines is 2. The van der Waals surface area contributed by atoms with Crippen LogP contribution in [0.4, 0.5) is 11.8 Å². The third-order valence-corrected chi connectivity index (χ3v) is 3.56. The molecule has 6 N–H and O–H groups in total. The van der Waals surface area contributed by atoms with Crippen molar-refractivity contribution in [3.8, 4) is 11.5 Å². The number of benzene rings is 1. The lowest BCUT2D eigenvalue weighted by Crippen LogP contribution is -2.17. The van der Waals surface area contributed by atoms with Crippen molar-refractivity contribution >= 4 is 34.5 Å². The van der Waals surface area contributed by atoms with Gasteiger partial charge in [0.25, 0.3) is 0 Å². The summed E-state index contributed by atoms with van der Waals surface area (Å²) in [5.74, 6) is 0.320. The number of aliphatic hydroxyl groups excluding tert-OH is 1. The summed E-state index contributed by atoms with van der Waals surface area (Å²) in [7, 11) is 0. The second-order valence-corrected chi connectivity index (χ2v) is 5.83. The Labute approximate surface area is 146 Å². The molecule has 1 atom stereocenters. The molecule has 0 bridgehead atoms. The zero-order valence-corrected chi connectivity index (χ0v) is 13.9. The minimum absolute atomic E-state index is 0.0731. The SMILES string of the molecule is CC(O)CNc1nc(NCc2c(O)cc(Cl)cc2O)c2n[nH]nc2n1. The van der Waals surface area contributed by atoms with Gasteiger partial charge in [0, 0.05) is 18.1 Å². The van der Waals surface area contributed by atoms with E-state index in [4.69, 9.17) is 11.6 Å². The first kappa shape index (κ1) is 17.0. The van der Waals surface area contributed by atoms with Crippen LogP contribution in [0.1, 0.15) is 12.5 Å². The van der Waals surface area contributed by atoms with Crippen LogP contribution in [0.2, 0.25) is 5.02 Å². The lowest BCUT2D eigenvalue weighted by molar-refractivity contribution is 0.208. The highest BCUT2D eigenvalue weighted by Gasteiger charge is 2.14.